The molecular weight excluding hydrogens is 111 g/mol. The lowest BCUT2D eigenvalue weighted by Gasteiger charge is -1.83. The standard InChI is InChI=1S/C6H11BN2/c1-5(2)8-4-9-6(3)7/h4H,3,7H2,1-2H3/b9-4-. The van der Waals surface area contributed by atoms with E-state index in [1.807, 2.05) is 21.7 Å². The zero-order valence-electron chi connectivity index (χ0n) is 6.18. The summed E-state index contributed by atoms with van der Waals surface area (Å²) in [4.78, 5) is 7.79. The van der Waals surface area contributed by atoms with E-state index in [-0.39, 0.29) is 0 Å². The summed E-state index contributed by atoms with van der Waals surface area (Å²) < 4.78 is 0. The van der Waals surface area contributed by atoms with Gasteiger partial charge in [0.05, 0.1) is 0 Å². The van der Waals surface area contributed by atoms with E-state index in [1.54, 1.807) is 0 Å². The Morgan fingerprint density at radius 3 is 2.44 bits per heavy atom. The Morgan fingerprint density at radius 1 is 1.56 bits per heavy atom. The second-order valence-electron chi connectivity index (χ2n) is 2.06. The van der Waals surface area contributed by atoms with Gasteiger partial charge in [0.25, 0.3) is 0 Å². The van der Waals surface area contributed by atoms with Gasteiger partial charge in [0, 0.05) is 5.71 Å². The van der Waals surface area contributed by atoms with Gasteiger partial charge >= 0.3 is 0 Å². The molecule has 0 fully saturated rings. The first-order valence-electron chi connectivity index (χ1n) is 2.82. The Kier molecular flexibility index (Phi) is 3.68. The fourth-order valence-corrected chi connectivity index (χ4v) is 0.243. The van der Waals surface area contributed by atoms with Crippen LogP contribution in [0.4, 0.5) is 0 Å². The predicted molar refractivity (Wildman–Crippen MR) is 45.0 cm³/mol. The van der Waals surface area contributed by atoms with Gasteiger partial charge in [0.1, 0.15) is 6.34 Å². The minimum absolute atomic E-state index is 0.778. The zero-order chi connectivity index (χ0) is 7.28. The highest BCUT2D eigenvalue weighted by molar-refractivity contribution is 6.21. The Morgan fingerprint density at radius 2 is 2.11 bits per heavy atom. The minimum Gasteiger partial charge on any atom is -0.253 e. The van der Waals surface area contributed by atoms with Crippen molar-refractivity contribution in [1.82, 2.24) is 0 Å². The van der Waals surface area contributed by atoms with Crippen LogP contribution in [0.1, 0.15) is 13.8 Å². The summed E-state index contributed by atoms with van der Waals surface area (Å²) in [5.74, 6) is 0. The lowest BCUT2D eigenvalue weighted by Crippen LogP contribution is -1.80. The summed E-state index contributed by atoms with van der Waals surface area (Å²) in [5.41, 5.74) is 1.78. The number of aliphatic imine (C=N–C) groups is 2. The zero-order valence-corrected chi connectivity index (χ0v) is 6.18. The molecule has 3 heteroatoms. The molecule has 0 saturated carbocycles. The molecule has 0 bridgehead atoms. The maximum Gasteiger partial charge on any atom is 0.163 e. The van der Waals surface area contributed by atoms with E-state index in [4.69, 9.17) is 0 Å². The van der Waals surface area contributed by atoms with Crippen molar-refractivity contribution in [1.29, 1.82) is 0 Å². The molecule has 2 nitrogen and oxygen atoms in total. The summed E-state index contributed by atoms with van der Waals surface area (Å²) in [6.07, 6.45) is 1.51. The van der Waals surface area contributed by atoms with Crippen molar-refractivity contribution in [3.8, 4) is 0 Å². The molecule has 0 aliphatic heterocycles. The molecule has 0 rings (SSSR count). The second kappa shape index (κ2) is 4.07. The SMILES string of the molecule is BC(=C)/N=C\N=C(C)C. The highest BCUT2D eigenvalue weighted by Crippen LogP contribution is 1.80. The van der Waals surface area contributed by atoms with Crippen molar-refractivity contribution in [3.05, 3.63) is 12.2 Å². The Bertz CT molecular complexity index is 154. The van der Waals surface area contributed by atoms with E-state index in [9.17, 15) is 0 Å². The van der Waals surface area contributed by atoms with Crippen LogP contribution in [0.2, 0.25) is 0 Å². The monoisotopic (exact) mass is 122 g/mol. The summed E-state index contributed by atoms with van der Waals surface area (Å²) in [6.45, 7) is 7.43. The van der Waals surface area contributed by atoms with Gasteiger partial charge in [-0.2, -0.15) is 0 Å². The molecule has 0 unspecified atom stereocenters. The van der Waals surface area contributed by atoms with E-state index in [0.717, 1.165) is 11.3 Å². The van der Waals surface area contributed by atoms with E-state index >= 15 is 0 Å². The number of rotatable bonds is 2. The largest absolute Gasteiger partial charge is 0.253 e. The van der Waals surface area contributed by atoms with Gasteiger partial charge in [0.15, 0.2) is 7.85 Å². The molecule has 0 spiro atoms. The molecule has 0 saturated heterocycles. The first-order chi connectivity index (χ1) is 4.13. The smallest absolute Gasteiger partial charge is 0.163 e. The van der Waals surface area contributed by atoms with Gasteiger partial charge in [-0.05, 0) is 19.4 Å². The van der Waals surface area contributed by atoms with Crippen LogP contribution in [0.3, 0.4) is 0 Å². The third-order valence-electron chi connectivity index (χ3n) is 0.594. The molecule has 0 amide bonds. The van der Waals surface area contributed by atoms with Crippen LogP contribution < -0.4 is 0 Å². The van der Waals surface area contributed by atoms with Crippen molar-refractivity contribution in [3.63, 3.8) is 0 Å². The third-order valence-corrected chi connectivity index (χ3v) is 0.594. The molecule has 0 N–H and O–H groups in total. The average Bonchev–Trinajstić information content (AvgIpc) is 1.63. The van der Waals surface area contributed by atoms with Gasteiger partial charge in [-0.15, -0.1) is 0 Å². The first-order valence-corrected chi connectivity index (χ1v) is 2.82. The molecule has 0 aromatic heterocycles. The topological polar surface area (TPSA) is 24.7 Å². The van der Waals surface area contributed by atoms with Crippen LogP contribution in [-0.2, 0) is 0 Å². The summed E-state index contributed by atoms with van der Waals surface area (Å²) in [5, 5.41) is 0. The molecule has 0 aliphatic carbocycles. The lowest BCUT2D eigenvalue weighted by molar-refractivity contribution is 1.50. The van der Waals surface area contributed by atoms with Crippen LogP contribution in [0.5, 0.6) is 0 Å². The molecule has 0 aliphatic rings. The first kappa shape index (κ1) is 8.14. The maximum absolute atomic E-state index is 3.93. The summed E-state index contributed by atoms with van der Waals surface area (Å²) in [7, 11) is 1.83. The van der Waals surface area contributed by atoms with Gasteiger partial charge < -0.3 is 0 Å². The van der Waals surface area contributed by atoms with Gasteiger partial charge in [0.2, 0.25) is 0 Å². The molecule has 0 aromatic carbocycles. The van der Waals surface area contributed by atoms with Crippen LogP contribution in [0, 0.1) is 0 Å². The van der Waals surface area contributed by atoms with Crippen molar-refractivity contribution in [2.75, 3.05) is 0 Å². The Balaban J connectivity index is 3.74. The predicted octanol–water partition coefficient (Wildman–Crippen LogP) is 0.600. The van der Waals surface area contributed by atoms with Crippen molar-refractivity contribution >= 4 is 19.9 Å². The average molecular weight is 122 g/mol. The van der Waals surface area contributed by atoms with Gasteiger partial charge in [-0.1, -0.05) is 6.58 Å². The minimum atomic E-state index is 0.778. The number of nitrogens with zero attached hydrogens (tertiary/aromatic N) is 2. The van der Waals surface area contributed by atoms with E-state index in [0.29, 0.717) is 0 Å². The highest BCUT2D eigenvalue weighted by atomic mass is 14.8. The van der Waals surface area contributed by atoms with Crippen LogP contribution in [-0.4, -0.2) is 19.9 Å². The molecule has 0 heterocycles. The fourth-order valence-electron chi connectivity index (χ4n) is 0.243. The quantitative estimate of drug-likeness (QED) is 0.291. The summed E-state index contributed by atoms with van der Waals surface area (Å²) >= 11 is 0. The number of hydrogen-bond acceptors (Lipinski definition) is 1. The molecule has 0 atom stereocenters. The van der Waals surface area contributed by atoms with Crippen molar-refractivity contribution in [2.24, 2.45) is 9.98 Å². The molecule has 0 radical (unpaired) electrons. The third kappa shape index (κ3) is 7.14. The lowest BCUT2D eigenvalue weighted by atomic mass is 10.1. The summed E-state index contributed by atoms with van der Waals surface area (Å²) in [6, 6.07) is 0. The second-order valence-corrected chi connectivity index (χ2v) is 2.06. The molecular formula is C6H11BN2. The van der Waals surface area contributed by atoms with E-state index in [1.165, 1.54) is 6.34 Å². The fraction of sp³-hybridized carbons (Fsp3) is 0.333. The molecule has 48 valence electrons. The van der Waals surface area contributed by atoms with Crippen LogP contribution in [0.25, 0.3) is 0 Å². The molecule has 0 aromatic rings. The van der Waals surface area contributed by atoms with Crippen LogP contribution >= 0.6 is 0 Å². The van der Waals surface area contributed by atoms with E-state index in [2.05, 4.69) is 16.6 Å². The van der Waals surface area contributed by atoms with E-state index < -0.39 is 0 Å². The van der Waals surface area contributed by atoms with Crippen molar-refractivity contribution in [2.45, 2.75) is 13.8 Å². The molecule has 9 heavy (non-hydrogen) atoms. The normalized spacial score (nSPS) is 9.56. The Labute approximate surface area is 56.8 Å². The van der Waals surface area contributed by atoms with Gasteiger partial charge in [-0.25, -0.2) is 4.99 Å². The van der Waals surface area contributed by atoms with Gasteiger partial charge in [-0.3, -0.25) is 4.99 Å². The van der Waals surface area contributed by atoms with Crippen LogP contribution in [0.15, 0.2) is 22.2 Å². The Hall–Kier alpha value is -0.855. The maximum atomic E-state index is 3.93. The number of hydrogen-bond donors (Lipinski definition) is 0. The highest BCUT2D eigenvalue weighted by Gasteiger charge is 1.73. The van der Waals surface area contributed by atoms with Crippen molar-refractivity contribution < 1.29 is 0 Å².